The van der Waals surface area contributed by atoms with Crippen LogP contribution in [0.25, 0.3) is 78.0 Å². The molecule has 3 heteroatoms. The molecule has 0 saturated heterocycles. The lowest BCUT2D eigenvalue weighted by Gasteiger charge is -2.42. The van der Waals surface area contributed by atoms with Gasteiger partial charge in [0.1, 0.15) is 0 Å². The van der Waals surface area contributed by atoms with Gasteiger partial charge in [-0.1, -0.05) is 173 Å². The molecule has 0 atom stereocenters. The third-order valence-corrected chi connectivity index (χ3v) is 11.2. The van der Waals surface area contributed by atoms with Gasteiger partial charge in [0.25, 0.3) is 0 Å². The second-order valence-electron chi connectivity index (χ2n) is 15.5. The van der Waals surface area contributed by atoms with E-state index in [2.05, 4.69) is 173 Å². The summed E-state index contributed by atoms with van der Waals surface area (Å²) in [5.74, 6) is 1.97. The van der Waals surface area contributed by atoms with Crippen molar-refractivity contribution in [2.45, 2.75) is 51.4 Å². The van der Waals surface area contributed by atoms with E-state index in [9.17, 15) is 0 Å². The molecule has 3 nitrogen and oxygen atoms in total. The Bertz CT molecular complexity index is 2600. The molecule has 252 valence electrons. The van der Waals surface area contributed by atoms with Gasteiger partial charge < -0.3 is 0 Å². The van der Waals surface area contributed by atoms with E-state index in [4.69, 9.17) is 15.0 Å². The van der Waals surface area contributed by atoms with Crippen molar-refractivity contribution in [1.29, 1.82) is 0 Å². The number of fused-ring (bicyclic) bond motifs is 4. The van der Waals surface area contributed by atoms with Crippen LogP contribution >= 0.6 is 0 Å². The molecule has 1 heterocycles. The van der Waals surface area contributed by atoms with Crippen molar-refractivity contribution in [2.24, 2.45) is 0 Å². The van der Waals surface area contributed by atoms with E-state index in [1.165, 1.54) is 51.4 Å². The average molecular weight is 672 g/mol. The molecule has 1 aliphatic rings. The van der Waals surface area contributed by atoms with E-state index in [0.717, 1.165) is 33.0 Å². The van der Waals surface area contributed by atoms with Gasteiger partial charge in [0, 0.05) is 16.7 Å². The van der Waals surface area contributed by atoms with Crippen molar-refractivity contribution in [3.05, 3.63) is 163 Å². The summed E-state index contributed by atoms with van der Waals surface area (Å²) < 4.78 is 0. The van der Waals surface area contributed by atoms with Crippen LogP contribution in [0.2, 0.25) is 0 Å². The molecule has 1 aliphatic carbocycles. The molecule has 1 aromatic heterocycles. The first-order chi connectivity index (χ1) is 25.2. The van der Waals surface area contributed by atoms with Crippen molar-refractivity contribution < 1.29 is 0 Å². The molecule has 52 heavy (non-hydrogen) atoms. The van der Waals surface area contributed by atoms with Gasteiger partial charge in [0.05, 0.1) is 0 Å². The maximum absolute atomic E-state index is 5.19. The van der Waals surface area contributed by atoms with Crippen LogP contribution in [0.5, 0.6) is 0 Å². The summed E-state index contributed by atoms with van der Waals surface area (Å²) in [5.41, 5.74) is 11.0. The SMILES string of the molecule is CC1(C)CCC(C)(C)c2cc(-c3ccc(-c4nc(-c5ccc(-c6ccccc6)cc5)nc(-c5cc6ccccc6c6ccccc56)n4)cc3)ccc21. The van der Waals surface area contributed by atoms with Crippen molar-refractivity contribution in [2.75, 3.05) is 0 Å². The highest BCUT2D eigenvalue weighted by molar-refractivity contribution is 6.13. The van der Waals surface area contributed by atoms with Crippen LogP contribution in [0.15, 0.2) is 152 Å². The summed E-state index contributed by atoms with van der Waals surface area (Å²) in [4.78, 5) is 15.5. The Balaban J connectivity index is 1.17. The fraction of sp³-hybridized carbons (Fsp3) is 0.163. The Hall–Kier alpha value is -5.93. The van der Waals surface area contributed by atoms with Crippen molar-refractivity contribution in [3.63, 3.8) is 0 Å². The molecule has 0 saturated carbocycles. The number of rotatable bonds is 5. The molecule has 0 fully saturated rings. The summed E-state index contributed by atoms with van der Waals surface area (Å²) >= 11 is 0. The molecule has 9 rings (SSSR count). The van der Waals surface area contributed by atoms with Crippen LogP contribution in [-0.2, 0) is 10.8 Å². The normalized spacial score (nSPS) is 14.7. The summed E-state index contributed by atoms with van der Waals surface area (Å²) in [5, 5.41) is 4.69. The van der Waals surface area contributed by atoms with Crippen LogP contribution < -0.4 is 0 Å². The lowest BCUT2D eigenvalue weighted by molar-refractivity contribution is 0.332. The average Bonchev–Trinajstić information content (AvgIpc) is 3.19. The molecular formula is C49H41N3. The molecule has 0 spiro atoms. The third-order valence-electron chi connectivity index (χ3n) is 11.2. The number of hydrogen-bond acceptors (Lipinski definition) is 3. The lowest BCUT2D eigenvalue weighted by Crippen LogP contribution is -2.33. The summed E-state index contributed by atoms with van der Waals surface area (Å²) in [6.07, 6.45) is 2.41. The lowest BCUT2D eigenvalue weighted by atomic mass is 9.63. The summed E-state index contributed by atoms with van der Waals surface area (Å²) in [6.45, 7) is 9.53. The number of nitrogens with zero attached hydrogens (tertiary/aromatic N) is 3. The number of hydrogen-bond donors (Lipinski definition) is 0. The highest BCUT2D eigenvalue weighted by Crippen LogP contribution is 2.47. The molecule has 0 unspecified atom stereocenters. The number of benzene rings is 7. The minimum atomic E-state index is 0.157. The Morgan fingerprint density at radius 1 is 0.365 bits per heavy atom. The molecule has 0 radical (unpaired) electrons. The van der Waals surface area contributed by atoms with Crippen LogP contribution in [-0.4, -0.2) is 15.0 Å². The maximum Gasteiger partial charge on any atom is 0.164 e. The first kappa shape index (κ1) is 32.0. The molecule has 0 amide bonds. The van der Waals surface area contributed by atoms with Gasteiger partial charge in [-0.25, -0.2) is 15.0 Å². The van der Waals surface area contributed by atoms with Crippen LogP contribution in [0.3, 0.4) is 0 Å². The monoisotopic (exact) mass is 671 g/mol. The minimum absolute atomic E-state index is 0.157. The van der Waals surface area contributed by atoms with E-state index < -0.39 is 0 Å². The van der Waals surface area contributed by atoms with Crippen LogP contribution in [0.1, 0.15) is 51.7 Å². The number of aromatic nitrogens is 3. The zero-order chi connectivity index (χ0) is 35.5. The van der Waals surface area contributed by atoms with Gasteiger partial charge in [-0.05, 0) is 84.7 Å². The Labute approximate surface area is 306 Å². The molecule has 0 bridgehead atoms. The summed E-state index contributed by atoms with van der Waals surface area (Å²) in [7, 11) is 0. The molecule has 0 N–H and O–H groups in total. The Morgan fingerprint density at radius 3 is 1.48 bits per heavy atom. The predicted octanol–water partition coefficient (Wildman–Crippen LogP) is 12.9. The van der Waals surface area contributed by atoms with Gasteiger partial charge in [0.15, 0.2) is 17.5 Å². The first-order valence-corrected chi connectivity index (χ1v) is 18.3. The maximum atomic E-state index is 5.19. The topological polar surface area (TPSA) is 38.7 Å². The molecule has 0 aliphatic heterocycles. The van der Waals surface area contributed by atoms with E-state index in [1.54, 1.807) is 0 Å². The van der Waals surface area contributed by atoms with E-state index in [-0.39, 0.29) is 10.8 Å². The van der Waals surface area contributed by atoms with Crippen molar-refractivity contribution >= 4 is 21.5 Å². The second kappa shape index (κ2) is 12.4. The molecular weight excluding hydrogens is 631 g/mol. The van der Waals surface area contributed by atoms with E-state index in [1.807, 2.05) is 6.07 Å². The first-order valence-electron chi connectivity index (χ1n) is 18.3. The van der Waals surface area contributed by atoms with Gasteiger partial charge in [0.2, 0.25) is 0 Å². The van der Waals surface area contributed by atoms with E-state index >= 15 is 0 Å². The third kappa shape index (κ3) is 5.67. The van der Waals surface area contributed by atoms with Gasteiger partial charge in [-0.3, -0.25) is 0 Å². The quantitative estimate of drug-likeness (QED) is 0.171. The van der Waals surface area contributed by atoms with Gasteiger partial charge in [-0.2, -0.15) is 0 Å². The minimum Gasteiger partial charge on any atom is -0.208 e. The zero-order valence-corrected chi connectivity index (χ0v) is 30.2. The fourth-order valence-corrected chi connectivity index (χ4v) is 8.02. The van der Waals surface area contributed by atoms with E-state index in [0.29, 0.717) is 17.5 Å². The highest BCUT2D eigenvalue weighted by Gasteiger charge is 2.37. The molecule has 7 aromatic carbocycles. The molecule has 8 aromatic rings. The van der Waals surface area contributed by atoms with Gasteiger partial charge in [-0.15, -0.1) is 0 Å². The van der Waals surface area contributed by atoms with Crippen molar-refractivity contribution in [1.82, 2.24) is 15.0 Å². The predicted molar refractivity (Wildman–Crippen MR) is 217 cm³/mol. The highest BCUT2D eigenvalue weighted by atomic mass is 15.0. The second-order valence-corrected chi connectivity index (χ2v) is 15.5. The standard InChI is InChI=1S/C49H41N3/c1-48(2)28-29-49(3,4)44-31-37(26-27-43(44)48)34-20-24-36(25-21-34)46-50-45(35-22-18-33(19-23-35)32-12-6-5-7-13-32)51-47(52-46)42-30-38-14-8-9-15-39(38)40-16-10-11-17-41(40)42/h5-27,30-31H,28-29H2,1-4H3. The van der Waals surface area contributed by atoms with Crippen molar-refractivity contribution in [3.8, 4) is 56.4 Å². The Morgan fingerprint density at radius 2 is 0.827 bits per heavy atom. The summed E-state index contributed by atoms with van der Waals surface area (Å²) in [6, 6.07) is 54.1. The van der Waals surface area contributed by atoms with Gasteiger partial charge >= 0.3 is 0 Å². The largest absolute Gasteiger partial charge is 0.208 e. The Kier molecular flexibility index (Phi) is 7.62. The van der Waals surface area contributed by atoms with Crippen LogP contribution in [0, 0.1) is 0 Å². The fourth-order valence-electron chi connectivity index (χ4n) is 8.02. The smallest absolute Gasteiger partial charge is 0.164 e. The van der Waals surface area contributed by atoms with Crippen LogP contribution in [0.4, 0.5) is 0 Å². The zero-order valence-electron chi connectivity index (χ0n) is 30.2.